The van der Waals surface area contributed by atoms with Crippen LogP contribution >= 0.6 is 0 Å². The number of anilines is 1. The molecule has 5 heteroatoms. The molecule has 0 radical (unpaired) electrons. The van der Waals surface area contributed by atoms with Gasteiger partial charge in [-0.2, -0.15) is 0 Å². The predicted molar refractivity (Wildman–Crippen MR) is 78.5 cm³/mol. The van der Waals surface area contributed by atoms with Crippen molar-refractivity contribution < 1.29 is 9.53 Å². The number of nitrogen functional groups attached to an aromatic ring is 1. The second kappa shape index (κ2) is 5.40. The standard InChI is InChI=1S/C15H23N3O2/c1-5-20-13-7-12(15(13,3)4)18-14(19)10-8-17-9(2)6-11(10)16/h6,8,12-13H,5,7H2,1-4H3,(H2,16,17)(H,18,19). The molecule has 5 nitrogen and oxygen atoms in total. The molecule has 2 rings (SSSR count). The zero-order valence-corrected chi connectivity index (χ0v) is 12.6. The number of hydrogen-bond donors (Lipinski definition) is 2. The van der Waals surface area contributed by atoms with Crippen molar-refractivity contribution in [3.63, 3.8) is 0 Å². The van der Waals surface area contributed by atoms with E-state index in [0.717, 1.165) is 12.1 Å². The molecule has 0 aliphatic heterocycles. The van der Waals surface area contributed by atoms with Gasteiger partial charge in [-0.25, -0.2) is 0 Å². The molecule has 1 aliphatic carbocycles. The van der Waals surface area contributed by atoms with Gasteiger partial charge in [0.1, 0.15) is 0 Å². The Bertz CT molecular complexity index is 514. The van der Waals surface area contributed by atoms with Crippen LogP contribution in [0.5, 0.6) is 0 Å². The number of nitrogens with one attached hydrogen (secondary N) is 1. The largest absolute Gasteiger partial charge is 0.398 e. The molecule has 1 aromatic rings. The van der Waals surface area contributed by atoms with Crippen LogP contribution in [0.3, 0.4) is 0 Å². The van der Waals surface area contributed by atoms with Gasteiger partial charge in [0.15, 0.2) is 0 Å². The highest BCUT2D eigenvalue weighted by Crippen LogP contribution is 2.42. The number of nitrogens with two attached hydrogens (primary N) is 1. The number of carbonyl (C=O) groups excluding carboxylic acids is 1. The summed E-state index contributed by atoms with van der Waals surface area (Å²) in [5, 5.41) is 3.03. The van der Waals surface area contributed by atoms with Crippen molar-refractivity contribution in [2.24, 2.45) is 5.41 Å². The third kappa shape index (κ3) is 2.63. The number of rotatable bonds is 4. The SMILES string of the molecule is CCOC1CC(NC(=O)c2cnc(C)cc2N)C1(C)C. The van der Waals surface area contributed by atoms with Crippen LogP contribution in [-0.4, -0.2) is 29.6 Å². The number of aromatic nitrogens is 1. The molecule has 1 amide bonds. The zero-order chi connectivity index (χ0) is 14.9. The lowest BCUT2D eigenvalue weighted by molar-refractivity contribution is -0.111. The van der Waals surface area contributed by atoms with Crippen molar-refractivity contribution >= 4 is 11.6 Å². The predicted octanol–water partition coefficient (Wildman–Crippen LogP) is 1.91. The molecular weight excluding hydrogens is 254 g/mol. The van der Waals surface area contributed by atoms with E-state index >= 15 is 0 Å². The van der Waals surface area contributed by atoms with Crippen LogP contribution in [0.15, 0.2) is 12.3 Å². The van der Waals surface area contributed by atoms with E-state index in [2.05, 4.69) is 24.1 Å². The summed E-state index contributed by atoms with van der Waals surface area (Å²) in [6.07, 6.45) is 2.57. The van der Waals surface area contributed by atoms with E-state index < -0.39 is 0 Å². The summed E-state index contributed by atoms with van der Waals surface area (Å²) in [5.41, 5.74) is 7.53. The molecule has 2 unspecified atom stereocenters. The van der Waals surface area contributed by atoms with Crippen LogP contribution in [0.1, 0.15) is 43.2 Å². The van der Waals surface area contributed by atoms with Gasteiger partial charge in [0, 0.05) is 35.6 Å². The molecule has 20 heavy (non-hydrogen) atoms. The molecule has 3 N–H and O–H groups in total. The number of amides is 1. The Labute approximate surface area is 119 Å². The minimum atomic E-state index is -0.164. The average Bonchev–Trinajstić information content (AvgIpc) is 2.37. The average molecular weight is 277 g/mol. The Hall–Kier alpha value is -1.62. The maximum Gasteiger partial charge on any atom is 0.255 e. The van der Waals surface area contributed by atoms with Crippen molar-refractivity contribution in [3.05, 3.63) is 23.5 Å². The quantitative estimate of drug-likeness (QED) is 0.881. The second-order valence-corrected chi connectivity index (χ2v) is 5.94. The number of pyridine rings is 1. The minimum absolute atomic E-state index is 0.0570. The number of aryl methyl sites for hydroxylation is 1. The molecule has 1 aliphatic rings. The van der Waals surface area contributed by atoms with Crippen LogP contribution < -0.4 is 11.1 Å². The summed E-state index contributed by atoms with van der Waals surface area (Å²) in [7, 11) is 0. The van der Waals surface area contributed by atoms with Crippen molar-refractivity contribution in [2.75, 3.05) is 12.3 Å². The van der Waals surface area contributed by atoms with Crippen molar-refractivity contribution in [1.82, 2.24) is 10.3 Å². The summed E-state index contributed by atoms with van der Waals surface area (Å²) in [6.45, 7) is 8.75. The number of ether oxygens (including phenoxy) is 1. The molecule has 0 spiro atoms. The highest BCUT2D eigenvalue weighted by molar-refractivity contribution is 5.99. The fraction of sp³-hybridized carbons (Fsp3) is 0.600. The maximum absolute atomic E-state index is 12.3. The first kappa shape index (κ1) is 14.8. The van der Waals surface area contributed by atoms with Gasteiger partial charge >= 0.3 is 0 Å². The van der Waals surface area contributed by atoms with E-state index in [9.17, 15) is 4.79 Å². The molecule has 110 valence electrons. The first-order valence-electron chi connectivity index (χ1n) is 7.00. The van der Waals surface area contributed by atoms with Crippen molar-refractivity contribution in [3.8, 4) is 0 Å². The molecule has 1 aromatic heterocycles. The molecule has 0 aromatic carbocycles. The summed E-state index contributed by atoms with van der Waals surface area (Å²) in [4.78, 5) is 16.4. The van der Waals surface area contributed by atoms with Gasteiger partial charge in [-0.05, 0) is 26.3 Å². The third-order valence-corrected chi connectivity index (χ3v) is 4.17. The van der Waals surface area contributed by atoms with Crippen LogP contribution in [0.2, 0.25) is 0 Å². The summed E-state index contributed by atoms with van der Waals surface area (Å²) >= 11 is 0. The highest BCUT2D eigenvalue weighted by Gasteiger charge is 2.49. The third-order valence-electron chi connectivity index (χ3n) is 4.17. The smallest absolute Gasteiger partial charge is 0.255 e. The second-order valence-electron chi connectivity index (χ2n) is 5.94. The lowest BCUT2D eigenvalue weighted by Crippen LogP contribution is -2.62. The number of carbonyl (C=O) groups is 1. The Morgan fingerprint density at radius 3 is 2.85 bits per heavy atom. The lowest BCUT2D eigenvalue weighted by Gasteiger charge is -2.51. The molecule has 1 fully saturated rings. The first-order valence-corrected chi connectivity index (χ1v) is 7.00. The topological polar surface area (TPSA) is 77.2 Å². The lowest BCUT2D eigenvalue weighted by atomic mass is 9.64. The summed E-state index contributed by atoms with van der Waals surface area (Å²) in [5.74, 6) is -0.164. The fourth-order valence-corrected chi connectivity index (χ4v) is 2.62. The van der Waals surface area contributed by atoms with Gasteiger partial charge in [-0.1, -0.05) is 13.8 Å². The van der Waals surface area contributed by atoms with Gasteiger partial charge < -0.3 is 15.8 Å². The van der Waals surface area contributed by atoms with Crippen LogP contribution in [0, 0.1) is 12.3 Å². The Balaban J connectivity index is 2.03. The summed E-state index contributed by atoms with van der Waals surface area (Å²) in [6, 6.07) is 1.82. The Morgan fingerprint density at radius 1 is 1.60 bits per heavy atom. The van der Waals surface area contributed by atoms with E-state index in [1.807, 2.05) is 13.8 Å². The minimum Gasteiger partial charge on any atom is -0.398 e. The van der Waals surface area contributed by atoms with Gasteiger partial charge in [0.25, 0.3) is 5.91 Å². The maximum atomic E-state index is 12.3. The van der Waals surface area contributed by atoms with Gasteiger partial charge in [-0.15, -0.1) is 0 Å². The van der Waals surface area contributed by atoms with Crippen LogP contribution in [-0.2, 0) is 4.74 Å². The monoisotopic (exact) mass is 277 g/mol. The van der Waals surface area contributed by atoms with E-state index in [4.69, 9.17) is 10.5 Å². The highest BCUT2D eigenvalue weighted by atomic mass is 16.5. The van der Waals surface area contributed by atoms with E-state index in [1.165, 1.54) is 6.20 Å². The number of nitrogens with zero attached hydrogens (tertiary/aromatic N) is 1. The van der Waals surface area contributed by atoms with Gasteiger partial charge in [-0.3, -0.25) is 9.78 Å². The van der Waals surface area contributed by atoms with Gasteiger partial charge in [0.05, 0.1) is 11.7 Å². The Kier molecular flexibility index (Phi) is 3.99. The van der Waals surface area contributed by atoms with Crippen molar-refractivity contribution in [1.29, 1.82) is 0 Å². The van der Waals surface area contributed by atoms with Crippen molar-refractivity contribution in [2.45, 2.75) is 46.3 Å². The number of hydrogen-bond acceptors (Lipinski definition) is 4. The molecule has 1 heterocycles. The summed E-state index contributed by atoms with van der Waals surface area (Å²) < 4.78 is 5.66. The Morgan fingerprint density at radius 2 is 2.30 bits per heavy atom. The molecule has 2 atom stereocenters. The first-order chi connectivity index (χ1) is 9.36. The fourth-order valence-electron chi connectivity index (χ4n) is 2.62. The zero-order valence-electron chi connectivity index (χ0n) is 12.6. The van der Waals surface area contributed by atoms with Gasteiger partial charge in [0.2, 0.25) is 0 Å². The molecule has 0 bridgehead atoms. The molecule has 1 saturated carbocycles. The molecular formula is C15H23N3O2. The van der Waals surface area contributed by atoms with Crippen LogP contribution in [0.25, 0.3) is 0 Å². The van der Waals surface area contributed by atoms with E-state index in [-0.39, 0.29) is 23.5 Å². The molecule has 0 saturated heterocycles. The van der Waals surface area contributed by atoms with E-state index in [0.29, 0.717) is 17.9 Å². The van der Waals surface area contributed by atoms with Crippen LogP contribution in [0.4, 0.5) is 5.69 Å². The normalized spacial score (nSPS) is 24.0. The van der Waals surface area contributed by atoms with E-state index in [1.54, 1.807) is 6.07 Å².